The Balaban J connectivity index is 1.59. The van der Waals surface area contributed by atoms with Crippen molar-refractivity contribution in [3.05, 3.63) is 93.2 Å². The molecule has 1 atom stereocenters. The number of benzene rings is 2. The van der Waals surface area contributed by atoms with E-state index in [1.807, 2.05) is 29.5 Å². The number of fused-ring (bicyclic) bond motifs is 1. The first kappa shape index (κ1) is 17.0. The van der Waals surface area contributed by atoms with Crippen molar-refractivity contribution in [3.8, 4) is 0 Å². The molecule has 0 aliphatic carbocycles. The van der Waals surface area contributed by atoms with Crippen molar-refractivity contribution in [1.29, 1.82) is 0 Å². The van der Waals surface area contributed by atoms with Gasteiger partial charge in [-0.05, 0) is 47.9 Å². The Morgan fingerprint density at radius 2 is 1.85 bits per heavy atom. The van der Waals surface area contributed by atoms with Crippen molar-refractivity contribution in [2.75, 3.05) is 6.54 Å². The SMILES string of the molecule is Cc1ccc([C@H]2c3ccsc3CCN2C(=O)CCc2ccccc2)cc1. The van der Waals surface area contributed by atoms with Crippen LogP contribution in [0.2, 0.25) is 0 Å². The minimum Gasteiger partial charge on any atom is -0.331 e. The van der Waals surface area contributed by atoms with E-state index >= 15 is 0 Å². The minimum absolute atomic E-state index is 0.0499. The number of hydrogen-bond acceptors (Lipinski definition) is 2. The smallest absolute Gasteiger partial charge is 0.223 e. The second-order valence-corrected chi connectivity index (χ2v) is 7.94. The molecule has 1 amide bonds. The molecular formula is C23H23NOS. The molecule has 3 aromatic rings. The summed E-state index contributed by atoms with van der Waals surface area (Å²) >= 11 is 1.81. The van der Waals surface area contributed by atoms with Crippen LogP contribution in [-0.4, -0.2) is 17.4 Å². The second kappa shape index (κ2) is 7.46. The van der Waals surface area contributed by atoms with E-state index in [4.69, 9.17) is 0 Å². The summed E-state index contributed by atoms with van der Waals surface area (Å²) in [6.07, 6.45) is 2.32. The summed E-state index contributed by atoms with van der Waals surface area (Å²) in [6, 6.07) is 21.1. The van der Waals surface area contributed by atoms with Gasteiger partial charge in [0.2, 0.25) is 5.91 Å². The average Bonchev–Trinajstić information content (AvgIpc) is 3.16. The Labute approximate surface area is 159 Å². The number of aryl methyl sites for hydroxylation is 2. The maximum atomic E-state index is 13.1. The van der Waals surface area contributed by atoms with Crippen LogP contribution in [0.15, 0.2) is 66.0 Å². The number of carbonyl (C=O) groups excluding carboxylic acids is 1. The standard InChI is InChI=1S/C23H23NOS/c1-17-7-10-19(11-8-17)23-20-14-16-26-21(20)13-15-24(23)22(25)12-9-18-5-3-2-4-6-18/h2-8,10-11,14,16,23H,9,12-13,15H2,1H3/t23-/m0/s1. The molecule has 2 heterocycles. The van der Waals surface area contributed by atoms with Gasteiger partial charge in [-0.15, -0.1) is 11.3 Å². The van der Waals surface area contributed by atoms with Gasteiger partial charge in [0.25, 0.3) is 0 Å². The zero-order valence-electron chi connectivity index (χ0n) is 15.0. The maximum Gasteiger partial charge on any atom is 0.223 e. The third-order valence-electron chi connectivity index (χ3n) is 5.15. The summed E-state index contributed by atoms with van der Waals surface area (Å²) in [6.45, 7) is 2.91. The molecule has 0 saturated heterocycles. The van der Waals surface area contributed by atoms with Gasteiger partial charge in [-0.2, -0.15) is 0 Å². The lowest BCUT2D eigenvalue weighted by molar-refractivity contribution is -0.133. The highest BCUT2D eigenvalue weighted by molar-refractivity contribution is 7.10. The number of rotatable bonds is 4. The molecule has 2 aromatic carbocycles. The first-order valence-corrected chi connectivity index (χ1v) is 10.1. The molecular weight excluding hydrogens is 338 g/mol. The lowest BCUT2D eigenvalue weighted by Gasteiger charge is -2.36. The molecule has 0 unspecified atom stereocenters. The van der Waals surface area contributed by atoms with Crippen molar-refractivity contribution in [3.63, 3.8) is 0 Å². The van der Waals surface area contributed by atoms with Crippen molar-refractivity contribution in [2.45, 2.75) is 32.2 Å². The van der Waals surface area contributed by atoms with Gasteiger partial charge in [0.15, 0.2) is 0 Å². The lowest BCUT2D eigenvalue weighted by Crippen LogP contribution is -2.40. The Morgan fingerprint density at radius 3 is 2.62 bits per heavy atom. The van der Waals surface area contributed by atoms with Gasteiger partial charge < -0.3 is 4.90 Å². The Morgan fingerprint density at radius 1 is 1.08 bits per heavy atom. The molecule has 0 radical (unpaired) electrons. The molecule has 4 rings (SSSR count). The fourth-order valence-corrected chi connectivity index (χ4v) is 4.64. The average molecular weight is 362 g/mol. The number of carbonyl (C=O) groups is 1. The van der Waals surface area contributed by atoms with Gasteiger partial charge in [-0.3, -0.25) is 4.79 Å². The second-order valence-electron chi connectivity index (χ2n) is 6.94. The van der Waals surface area contributed by atoms with E-state index in [1.54, 1.807) is 0 Å². The molecule has 3 heteroatoms. The minimum atomic E-state index is 0.0499. The van der Waals surface area contributed by atoms with Crippen molar-refractivity contribution in [2.24, 2.45) is 0 Å². The normalized spacial score (nSPS) is 16.3. The van der Waals surface area contributed by atoms with Gasteiger partial charge in [-0.25, -0.2) is 0 Å². The highest BCUT2D eigenvalue weighted by Crippen LogP contribution is 2.38. The van der Waals surface area contributed by atoms with Crippen LogP contribution in [0, 0.1) is 6.92 Å². The predicted molar refractivity (Wildman–Crippen MR) is 108 cm³/mol. The van der Waals surface area contributed by atoms with Crippen LogP contribution in [0.5, 0.6) is 0 Å². The molecule has 0 fully saturated rings. The Hall–Kier alpha value is -2.39. The van der Waals surface area contributed by atoms with E-state index < -0.39 is 0 Å². The van der Waals surface area contributed by atoms with Crippen LogP contribution < -0.4 is 0 Å². The highest BCUT2D eigenvalue weighted by atomic mass is 32.1. The van der Waals surface area contributed by atoms with E-state index in [0.29, 0.717) is 6.42 Å². The lowest BCUT2D eigenvalue weighted by atomic mass is 9.92. The van der Waals surface area contributed by atoms with Gasteiger partial charge in [0, 0.05) is 17.8 Å². The summed E-state index contributed by atoms with van der Waals surface area (Å²) in [4.78, 5) is 16.6. The zero-order chi connectivity index (χ0) is 17.9. The van der Waals surface area contributed by atoms with Crippen LogP contribution in [0.3, 0.4) is 0 Å². The highest BCUT2D eigenvalue weighted by Gasteiger charge is 2.32. The first-order valence-electron chi connectivity index (χ1n) is 9.18. The molecule has 1 aliphatic heterocycles. The van der Waals surface area contributed by atoms with Crippen LogP contribution in [0.1, 0.15) is 39.6 Å². The number of hydrogen-bond donors (Lipinski definition) is 0. The van der Waals surface area contributed by atoms with Crippen LogP contribution >= 0.6 is 11.3 Å². The van der Waals surface area contributed by atoms with Crippen LogP contribution in [0.25, 0.3) is 0 Å². The Bertz CT molecular complexity index is 882. The van der Waals surface area contributed by atoms with Crippen molar-refractivity contribution in [1.82, 2.24) is 4.90 Å². The number of amides is 1. The molecule has 132 valence electrons. The third-order valence-corrected chi connectivity index (χ3v) is 6.15. The topological polar surface area (TPSA) is 20.3 Å². The fourth-order valence-electron chi connectivity index (χ4n) is 3.73. The van der Waals surface area contributed by atoms with Crippen molar-refractivity contribution >= 4 is 17.2 Å². The summed E-state index contributed by atoms with van der Waals surface area (Å²) in [5.41, 5.74) is 4.99. The van der Waals surface area contributed by atoms with Gasteiger partial charge >= 0.3 is 0 Å². The molecule has 1 aliphatic rings. The number of thiophene rings is 1. The van der Waals surface area contributed by atoms with E-state index in [9.17, 15) is 4.79 Å². The van der Waals surface area contributed by atoms with E-state index in [2.05, 4.69) is 59.7 Å². The van der Waals surface area contributed by atoms with E-state index in [1.165, 1.54) is 27.1 Å². The maximum absolute atomic E-state index is 13.1. The summed E-state index contributed by atoms with van der Waals surface area (Å²) in [5.74, 6) is 0.247. The number of nitrogens with zero attached hydrogens (tertiary/aromatic N) is 1. The Kier molecular flexibility index (Phi) is 4.89. The molecule has 2 nitrogen and oxygen atoms in total. The van der Waals surface area contributed by atoms with Gasteiger partial charge in [-0.1, -0.05) is 60.2 Å². The third kappa shape index (κ3) is 3.45. The quantitative estimate of drug-likeness (QED) is 0.628. The monoisotopic (exact) mass is 361 g/mol. The molecule has 0 N–H and O–H groups in total. The molecule has 0 saturated carbocycles. The summed E-state index contributed by atoms with van der Waals surface area (Å²) < 4.78 is 0. The van der Waals surface area contributed by atoms with Gasteiger partial charge in [0.05, 0.1) is 6.04 Å². The molecule has 0 bridgehead atoms. The largest absolute Gasteiger partial charge is 0.331 e. The first-order chi connectivity index (χ1) is 12.7. The van der Waals surface area contributed by atoms with E-state index in [0.717, 1.165) is 19.4 Å². The van der Waals surface area contributed by atoms with Crippen LogP contribution in [-0.2, 0) is 17.6 Å². The fraction of sp³-hybridized carbons (Fsp3) is 0.261. The zero-order valence-corrected chi connectivity index (χ0v) is 15.8. The summed E-state index contributed by atoms with van der Waals surface area (Å²) in [5, 5.41) is 2.16. The van der Waals surface area contributed by atoms with E-state index in [-0.39, 0.29) is 11.9 Å². The van der Waals surface area contributed by atoms with Gasteiger partial charge in [0.1, 0.15) is 0 Å². The summed E-state index contributed by atoms with van der Waals surface area (Å²) in [7, 11) is 0. The van der Waals surface area contributed by atoms with Crippen molar-refractivity contribution < 1.29 is 4.79 Å². The molecule has 1 aromatic heterocycles. The van der Waals surface area contributed by atoms with Crippen LogP contribution in [0.4, 0.5) is 0 Å². The predicted octanol–water partition coefficient (Wildman–Crippen LogP) is 5.16. The molecule has 0 spiro atoms. The molecule has 26 heavy (non-hydrogen) atoms.